The molecule has 5 N–H and O–H groups in total. The maximum absolute atomic E-state index is 14.3. The number of ether oxygens (including phenoxy) is 2. The van der Waals surface area contributed by atoms with E-state index < -0.39 is 95.2 Å². The van der Waals surface area contributed by atoms with Crippen molar-refractivity contribution in [2.75, 3.05) is 19.7 Å². The predicted molar refractivity (Wildman–Crippen MR) is 215 cm³/mol. The molecule has 2 aromatic rings. The summed E-state index contributed by atoms with van der Waals surface area (Å²) in [7, 11) is 0. The number of ketones is 1. The van der Waals surface area contributed by atoms with E-state index in [2.05, 4.69) is 26.6 Å². The molecule has 1 unspecified atom stereocenters. The van der Waals surface area contributed by atoms with Crippen molar-refractivity contribution in [1.82, 2.24) is 31.5 Å². The van der Waals surface area contributed by atoms with Crippen LogP contribution in [-0.4, -0.2) is 102 Å². The summed E-state index contributed by atoms with van der Waals surface area (Å²) in [5.41, 5.74) is -1.09. The first kappa shape index (κ1) is 47.8. The minimum atomic E-state index is -1.35. The van der Waals surface area contributed by atoms with Gasteiger partial charge >= 0.3 is 6.09 Å². The standard InChI is InChI=1S/C42H60N6O11/c1-10-11-18-28(33(50)38(54)43-22-31(49)45-32(26-16-13-12-14-17-26)37(53)47-36(52)30-19-15-20-57-30)44-35(51)29-21-27(59-42(7,8)9)23-48(29)39(55)34(41(4,5)6)46-40(56)58-24-25(2)3/h12-17,19-20,25,27-29,32,34H,10-11,18,21-24H2,1-9H3,(H,43,54)(H,44,51)(H,45,49)(H,46,56)(H,47,52,53)/t27-,28?,29+,32+,34-/m1/s1. The first-order chi connectivity index (χ1) is 27.6. The molecule has 1 aromatic heterocycles. The SMILES string of the molecule is CCCCC(NC(=O)[C@@H]1C[C@@H](OC(C)(C)C)CN1C(=O)[C@@H](NC(=O)OCC(C)C)C(C)(C)C)C(=O)C(=O)NCC(=O)N[C@H](C(=O)NC(=O)c1ccco1)c1ccccc1. The molecule has 1 aliphatic heterocycles. The molecule has 5 atom stereocenters. The Balaban J connectivity index is 1.76. The van der Waals surface area contributed by atoms with E-state index in [0.717, 1.165) is 0 Å². The first-order valence-corrected chi connectivity index (χ1v) is 19.9. The lowest BCUT2D eigenvalue weighted by molar-refractivity contribution is -0.144. The van der Waals surface area contributed by atoms with Gasteiger partial charge in [-0.05, 0) is 56.2 Å². The Bertz CT molecular complexity index is 1780. The Morgan fingerprint density at radius 1 is 0.898 bits per heavy atom. The lowest BCUT2D eigenvalue weighted by Crippen LogP contribution is -2.59. The van der Waals surface area contributed by atoms with Gasteiger partial charge in [-0.3, -0.25) is 38.9 Å². The highest BCUT2D eigenvalue weighted by Crippen LogP contribution is 2.29. The average Bonchev–Trinajstić information content (AvgIpc) is 3.85. The molecule has 0 bridgehead atoms. The van der Waals surface area contributed by atoms with Crippen molar-refractivity contribution in [3.05, 3.63) is 60.1 Å². The molecular weight excluding hydrogens is 764 g/mol. The Kier molecular flexibility index (Phi) is 17.4. The summed E-state index contributed by atoms with van der Waals surface area (Å²) in [4.78, 5) is 108. The number of likely N-dealkylation sites (tertiary alicyclic amines) is 1. The zero-order valence-corrected chi connectivity index (χ0v) is 35.5. The molecular formula is C42H60N6O11. The Morgan fingerprint density at radius 3 is 2.15 bits per heavy atom. The third kappa shape index (κ3) is 14.9. The van der Waals surface area contributed by atoms with E-state index in [1.54, 1.807) is 51.1 Å². The fourth-order valence-electron chi connectivity index (χ4n) is 6.25. The largest absolute Gasteiger partial charge is 0.459 e. The molecule has 59 heavy (non-hydrogen) atoms. The van der Waals surface area contributed by atoms with Crippen molar-refractivity contribution in [3.63, 3.8) is 0 Å². The average molecular weight is 825 g/mol. The van der Waals surface area contributed by atoms with Crippen LogP contribution >= 0.6 is 0 Å². The third-order valence-corrected chi connectivity index (χ3v) is 9.09. The molecule has 1 fully saturated rings. The zero-order chi connectivity index (χ0) is 44.1. The molecule has 3 rings (SSSR count). The number of nitrogens with one attached hydrogen (secondary N) is 5. The van der Waals surface area contributed by atoms with Crippen LogP contribution in [0, 0.1) is 11.3 Å². The smallest absolute Gasteiger partial charge is 0.407 e. The highest BCUT2D eigenvalue weighted by atomic mass is 16.5. The molecule has 2 heterocycles. The van der Waals surface area contributed by atoms with Crippen LogP contribution in [0.2, 0.25) is 0 Å². The summed E-state index contributed by atoms with van der Waals surface area (Å²) in [5.74, 6) is -6.06. The summed E-state index contributed by atoms with van der Waals surface area (Å²) in [6.45, 7) is 15.9. The van der Waals surface area contributed by atoms with Crippen LogP contribution in [0.15, 0.2) is 53.1 Å². The fourth-order valence-corrected chi connectivity index (χ4v) is 6.25. The van der Waals surface area contributed by atoms with Gasteiger partial charge in [0.1, 0.15) is 18.1 Å². The van der Waals surface area contributed by atoms with E-state index >= 15 is 0 Å². The fraction of sp³-hybridized carbons (Fsp3) is 0.571. The van der Waals surface area contributed by atoms with E-state index in [0.29, 0.717) is 18.4 Å². The molecule has 324 valence electrons. The zero-order valence-electron chi connectivity index (χ0n) is 35.5. The van der Waals surface area contributed by atoms with Gasteiger partial charge in [-0.1, -0.05) is 84.7 Å². The summed E-state index contributed by atoms with van der Waals surface area (Å²) < 4.78 is 16.5. The summed E-state index contributed by atoms with van der Waals surface area (Å²) >= 11 is 0. The molecule has 17 nitrogen and oxygen atoms in total. The molecule has 1 aliphatic rings. The van der Waals surface area contributed by atoms with Crippen molar-refractivity contribution in [1.29, 1.82) is 0 Å². The molecule has 1 saturated heterocycles. The number of unbranched alkanes of at least 4 members (excludes halogenated alkanes) is 1. The lowest BCUT2D eigenvalue weighted by Gasteiger charge is -2.35. The maximum atomic E-state index is 14.3. The second-order valence-electron chi connectivity index (χ2n) is 17.0. The molecule has 1 aromatic carbocycles. The predicted octanol–water partition coefficient (Wildman–Crippen LogP) is 3.34. The quantitative estimate of drug-likeness (QED) is 0.137. The van der Waals surface area contributed by atoms with Crippen LogP contribution in [-0.2, 0) is 38.2 Å². The number of carbonyl (C=O) groups excluding carboxylic acids is 8. The highest BCUT2D eigenvalue weighted by molar-refractivity contribution is 6.38. The van der Waals surface area contributed by atoms with Crippen LogP contribution < -0.4 is 26.6 Å². The minimum absolute atomic E-state index is 0.0195. The van der Waals surface area contributed by atoms with Crippen LogP contribution in [0.5, 0.6) is 0 Å². The van der Waals surface area contributed by atoms with Crippen molar-refractivity contribution >= 4 is 47.3 Å². The molecule has 7 amide bonds. The van der Waals surface area contributed by atoms with Crippen LogP contribution in [0.25, 0.3) is 0 Å². The molecule has 0 saturated carbocycles. The van der Waals surface area contributed by atoms with E-state index in [-0.39, 0.29) is 37.7 Å². The van der Waals surface area contributed by atoms with Crippen LogP contribution in [0.1, 0.15) is 110 Å². The van der Waals surface area contributed by atoms with Gasteiger partial charge in [0.2, 0.25) is 23.5 Å². The number of amides is 7. The number of imide groups is 1. The summed E-state index contributed by atoms with van der Waals surface area (Å²) in [6.07, 6.45) is 1.14. The third-order valence-electron chi connectivity index (χ3n) is 9.09. The van der Waals surface area contributed by atoms with Crippen LogP contribution in [0.3, 0.4) is 0 Å². The number of carbonyl (C=O) groups is 8. The van der Waals surface area contributed by atoms with Gasteiger partial charge in [-0.15, -0.1) is 0 Å². The number of hydrogen-bond donors (Lipinski definition) is 5. The van der Waals surface area contributed by atoms with Crippen molar-refractivity contribution in [2.24, 2.45) is 11.3 Å². The number of benzene rings is 1. The van der Waals surface area contributed by atoms with Gasteiger partial charge in [-0.2, -0.15) is 0 Å². The maximum Gasteiger partial charge on any atom is 0.407 e. The number of hydrogen-bond acceptors (Lipinski definition) is 11. The summed E-state index contributed by atoms with van der Waals surface area (Å²) in [5, 5.41) is 12.3. The molecule has 0 aliphatic carbocycles. The summed E-state index contributed by atoms with van der Waals surface area (Å²) in [6, 6.07) is 6.01. The van der Waals surface area contributed by atoms with Gasteiger partial charge < -0.3 is 40.1 Å². The number of Topliss-reactive ketones (excluding diaryl/α,β-unsaturated/α-hetero) is 1. The van der Waals surface area contributed by atoms with Gasteiger partial charge in [0, 0.05) is 13.0 Å². The monoisotopic (exact) mass is 824 g/mol. The molecule has 0 radical (unpaired) electrons. The Hall–Kier alpha value is -5.58. The van der Waals surface area contributed by atoms with Crippen LogP contribution in [0.4, 0.5) is 4.79 Å². The van der Waals surface area contributed by atoms with E-state index in [4.69, 9.17) is 13.9 Å². The van der Waals surface area contributed by atoms with E-state index in [1.807, 2.05) is 41.5 Å². The van der Waals surface area contributed by atoms with Gasteiger partial charge in [0.05, 0.1) is 37.2 Å². The van der Waals surface area contributed by atoms with Gasteiger partial charge in [-0.25, -0.2) is 4.79 Å². The molecule has 0 spiro atoms. The van der Waals surface area contributed by atoms with E-state index in [9.17, 15) is 38.4 Å². The first-order valence-electron chi connectivity index (χ1n) is 19.9. The number of rotatable bonds is 18. The Labute approximate surface area is 345 Å². The second kappa shape index (κ2) is 21.4. The van der Waals surface area contributed by atoms with Crippen molar-refractivity contribution in [3.8, 4) is 0 Å². The van der Waals surface area contributed by atoms with Gasteiger partial charge in [0.25, 0.3) is 17.7 Å². The highest BCUT2D eigenvalue weighted by Gasteiger charge is 2.47. The number of nitrogens with zero attached hydrogens (tertiary/aromatic N) is 1. The Morgan fingerprint density at radius 2 is 1.58 bits per heavy atom. The minimum Gasteiger partial charge on any atom is -0.459 e. The number of alkyl carbamates (subject to hydrolysis) is 1. The van der Waals surface area contributed by atoms with Crippen molar-refractivity contribution in [2.45, 2.75) is 124 Å². The lowest BCUT2D eigenvalue weighted by atomic mass is 9.85. The topological polar surface area (TPSA) is 232 Å². The second-order valence-corrected chi connectivity index (χ2v) is 17.0. The normalized spacial score (nSPS) is 16.9. The number of furan rings is 1. The molecule has 17 heteroatoms. The van der Waals surface area contributed by atoms with Gasteiger partial charge in [0.15, 0.2) is 5.76 Å². The van der Waals surface area contributed by atoms with E-state index in [1.165, 1.54) is 23.3 Å². The van der Waals surface area contributed by atoms with Crippen molar-refractivity contribution < 1.29 is 52.2 Å².